The van der Waals surface area contributed by atoms with E-state index < -0.39 is 24.2 Å². The molecule has 7 heteroatoms. The van der Waals surface area contributed by atoms with Gasteiger partial charge in [0.25, 0.3) is 0 Å². The van der Waals surface area contributed by atoms with Gasteiger partial charge in [0.1, 0.15) is 5.60 Å². The summed E-state index contributed by atoms with van der Waals surface area (Å²) in [6.07, 6.45) is 2.34. The summed E-state index contributed by atoms with van der Waals surface area (Å²) in [4.78, 5) is 15.8. The maximum atomic E-state index is 12.9. The smallest absolute Gasteiger partial charge is 0.434 e. The molecule has 0 aliphatic heterocycles. The highest BCUT2D eigenvalue weighted by molar-refractivity contribution is 6.13. The van der Waals surface area contributed by atoms with Crippen molar-refractivity contribution in [1.82, 2.24) is 0 Å². The Bertz CT molecular complexity index is 527. The lowest BCUT2D eigenvalue weighted by atomic mass is 9.95. The Morgan fingerprint density at radius 3 is 2.30 bits per heavy atom. The summed E-state index contributed by atoms with van der Waals surface area (Å²) in [5, 5.41) is 0. The Hall–Kier alpha value is -1.73. The molecule has 1 aliphatic carbocycles. The molecule has 1 aliphatic rings. The Balaban J connectivity index is 3.25. The number of carbonyl (C=O) groups is 1. The number of hydrogen-bond donors (Lipinski definition) is 0. The Kier molecular flexibility index (Phi) is 6.47. The van der Waals surface area contributed by atoms with Crippen molar-refractivity contribution in [2.45, 2.75) is 38.6 Å². The van der Waals surface area contributed by atoms with Crippen molar-refractivity contribution in [2.75, 3.05) is 28.0 Å². The van der Waals surface area contributed by atoms with Crippen molar-refractivity contribution in [1.29, 1.82) is 0 Å². The van der Waals surface area contributed by atoms with Gasteiger partial charge in [-0.3, -0.25) is 4.39 Å². The highest BCUT2D eigenvalue weighted by atomic mass is 19.1. The van der Waals surface area contributed by atoms with Gasteiger partial charge in [-0.05, 0) is 32.4 Å². The third-order valence-corrected chi connectivity index (χ3v) is 3.10. The van der Waals surface area contributed by atoms with Gasteiger partial charge in [-0.25, -0.2) is 4.79 Å². The second-order valence-electron chi connectivity index (χ2n) is 5.87. The van der Waals surface area contributed by atoms with Gasteiger partial charge in [0, 0.05) is 26.7 Å². The van der Waals surface area contributed by atoms with Crippen molar-refractivity contribution < 1.29 is 28.1 Å². The number of hydrogen-bond acceptors (Lipinski definition) is 5. The number of alkyl halides is 1. The van der Waals surface area contributed by atoms with Gasteiger partial charge in [-0.15, -0.1) is 0 Å². The Labute approximate surface area is 136 Å². The zero-order valence-electron chi connectivity index (χ0n) is 14.4. The van der Waals surface area contributed by atoms with Gasteiger partial charge in [-0.1, -0.05) is 0 Å². The van der Waals surface area contributed by atoms with Crippen molar-refractivity contribution in [3.63, 3.8) is 0 Å². The van der Waals surface area contributed by atoms with Gasteiger partial charge in [0.05, 0.1) is 19.5 Å². The molecule has 0 atom stereocenters. The molecule has 0 fully saturated rings. The third-order valence-electron chi connectivity index (χ3n) is 3.10. The monoisotopic (exact) mass is 329 g/mol. The highest BCUT2D eigenvalue weighted by Gasteiger charge is 2.38. The van der Waals surface area contributed by atoms with Crippen LogP contribution < -0.4 is 0 Å². The lowest BCUT2D eigenvalue weighted by Crippen LogP contribution is -2.38. The molecule has 0 aromatic heterocycles. The van der Waals surface area contributed by atoms with Crippen molar-refractivity contribution in [3.8, 4) is 0 Å². The predicted molar refractivity (Wildman–Crippen MR) is 84.2 cm³/mol. The van der Waals surface area contributed by atoms with E-state index in [2.05, 4.69) is 4.99 Å². The molecular formula is C16H24FNO5. The van der Waals surface area contributed by atoms with E-state index in [0.717, 1.165) is 0 Å². The maximum Gasteiger partial charge on any atom is 0.434 e. The fourth-order valence-electron chi connectivity index (χ4n) is 2.08. The molecule has 23 heavy (non-hydrogen) atoms. The van der Waals surface area contributed by atoms with E-state index in [9.17, 15) is 9.18 Å². The summed E-state index contributed by atoms with van der Waals surface area (Å²) in [5.41, 5.74) is 0.0671. The first kappa shape index (κ1) is 19.3. The summed E-state index contributed by atoms with van der Waals surface area (Å²) in [5.74, 6) is -0.973. The lowest BCUT2D eigenvalue weighted by Gasteiger charge is -2.33. The van der Waals surface area contributed by atoms with E-state index in [4.69, 9.17) is 18.9 Å². The normalized spacial score (nSPS) is 19.2. The minimum absolute atomic E-state index is 0.0591. The minimum atomic E-state index is -1.27. The number of carbonyl (C=O) groups excluding carboxylic acids is 1. The molecule has 6 nitrogen and oxygen atoms in total. The number of methoxy groups -OCH3 is 3. The molecule has 1 amide bonds. The molecule has 130 valence electrons. The zero-order chi connectivity index (χ0) is 17.7. The number of rotatable bonds is 5. The quantitative estimate of drug-likeness (QED) is 0.725. The molecule has 0 bridgehead atoms. The van der Waals surface area contributed by atoms with E-state index in [0.29, 0.717) is 11.3 Å². The number of nitrogens with zero attached hydrogens (tertiary/aromatic N) is 1. The van der Waals surface area contributed by atoms with E-state index >= 15 is 0 Å². The topological polar surface area (TPSA) is 66.4 Å². The van der Waals surface area contributed by atoms with Gasteiger partial charge >= 0.3 is 6.09 Å². The molecule has 0 saturated heterocycles. The number of allylic oxidation sites excluding steroid dienone is 2. The zero-order valence-corrected chi connectivity index (χ0v) is 14.4. The van der Waals surface area contributed by atoms with Crippen LogP contribution in [0.15, 0.2) is 28.5 Å². The van der Waals surface area contributed by atoms with Crippen LogP contribution in [-0.2, 0) is 18.9 Å². The molecule has 0 aromatic carbocycles. The molecule has 0 saturated carbocycles. The first-order valence-electron chi connectivity index (χ1n) is 7.17. The van der Waals surface area contributed by atoms with Crippen molar-refractivity contribution >= 4 is 11.8 Å². The molecular weight excluding hydrogens is 305 g/mol. The summed E-state index contributed by atoms with van der Waals surface area (Å²) < 4.78 is 34.0. The molecule has 0 heterocycles. The first-order chi connectivity index (χ1) is 10.7. The van der Waals surface area contributed by atoms with Crippen LogP contribution in [0.25, 0.3) is 0 Å². The average molecular weight is 329 g/mol. The van der Waals surface area contributed by atoms with Gasteiger partial charge in [0.15, 0.2) is 5.76 Å². The van der Waals surface area contributed by atoms with E-state index in [-0.39, 0.29) is 12.1 Å². The van der Waals surface area contributed by atoms with Gasteiger partial charge in [-0.2, -0.15) is 4.99 Å². The van der Waals surface area contributed by atoms with Gasteiger partial charge in [0.2, 0.25) is 5.79 Å². The van der Waals surface area contributed by atoms with E-state index in [1.807, 2.05) is 0 Å². The summed E-state index contributed by atoms with van der Waals surface area (Å²) in [7, 11) is 4.32. The van der Waals surface area contributed by atoms with E-state index in [1.165, 1.54) is 27.4 Å². The predicted octanol–water partition coefficient (Wildman–Crippen LogP) is 3.18. The van der Waals surface area contributed by atoms with Crippen LogP contribution in [0, 0.1) is 0 Å². The summed E-state index contributed by atoms with van der Waals surface area (Å²) >= 11 is 0. The molecule has 0 aromatic rings. The Morgan fingerprint density at radius 1 is 1.26 bits per heavy atom. The van der Waals surface area contributed by atoms with Gasteiger partial charge < -0.3 is 18.9 Å². The Morgan fingerprint density at radius 2 is 1.87 bits per heavy atom. The second-order valence-corrected chi connectivity index (χ2v) is 5.87. The number of ether oxygens (including phenoxy) is 4. The fourth-order valence-corrected chi connectivity index (χ4v) is 2.08. The summed E-state index contributed by atoms with van der Waals surface area (Å²) in [6.45, 7) is 4.60. The second kappa shape index (κ2) is 7.70. The van der Waals surface area contributed by atoms with Crippen LogP contribution in [0.1, 0.15) is 27.2 Å². The van der Waals surface area contributed by atoms with Crippen molar-refractivity contribution in [3.05, 3.63) is 23.5 Å². The van der Waals surface area contributed by atoms with Crippen LogP contribution in [0.2, 0.25) is 0 Å². The van der Waals surface area contributed by atoms with Crippen LogP contribution in [0.5, 0.6) is 0 Å². The standard InChI is InChI=1S/C16H24FNO5/c1-15(2,3)23-14(19)18-12-9-13(20-4)16(21-5,22-6)10-11(12)7-8-17/h9-10H,7-8H2,1-6H3/b18-12-. The average Bonchev–Trinajstić information content (AvgIpc) is 2.46. The number of amides is 1. The SMILES string of the molecule is COC1=C/C(=N/C(=O)OC(C)(C)C)C(CCF)=CC1(OC)OC. The van der Waals surface area contributed by atoms with Crippen molar-refractivity contribution in [2.24, 2.45) is 4.99 Å². The lowest BCUT2D eigenvalue weighted by molar-refractivity contribution is -0.166. The molecule has 1 rings (SSSR count). The third kappa shape index (κ3) is 4.87. The molecule has 0 radical (unpaired) electrons. The molecule has 0 unspecified atom stereocenters. The number of aliphatic imine (C=N–C) groups is 1. The maximum absolute atomic E-state index is 12.9. The first-order valence-corrected chi connectivity index (χ1v) is 7.17. The fraction of sp³-hybridized carbons (Fsp3) is 0.625. The van der Waals surface area contributed by atoms with Crippen LogP contribution in [0.4, 0.5) is 9.18 Å². The van der Waals surface area contributed by atoms with Crippen LogP contribution in [0.3, 0.4) is 0 Å². The summed E-state index contributed by atoms with van der Waals surface area (Å²) in [6, 6.07) is 0. The minimum Gasteiger partial charge on any atom is -0.495 e. The van der Waals surface area contributed by atoms with E-state index in [1.54, 1.807) is 26.8 Å². The molecule has 0 spiro atoms. The molecule has 0 N–H and O–H groups in total. The van der Waals surface area contributed by atoms with Crippen LogP contribution in [-0.4, -0.2) is 51.2 Å². The van der Waals surface area contributed by atoms with Crippen LogP contribution >= 0.6 is 0 Å². The largest absolute Gasteiger partial charge is 0.495 e. The highest BCUT2D eigenvalue weighted by Crippen LogP contribution is 2.32. The number of halogens is 1.